The van der Waals surface area contributed by atoms with Crippen LogP contribution < -0.4 is 5.32 Å². The average molecular weight is 373 g/mol. The molecule has 0 atom stereocenters. The molecule has 0 aliphatic heterocycles. The maximum Gasteiger partial charge on any atom is 0.252 e. The first-order valence-corrected chi connectivity index (χ1v) is 10.3. The zero-order valence-corrected chi connectivity index (χ0v) is 17.0. The van der Waals surface area contributed by atoms with Gasteiger partial charge in [0.2, 0.25) is 0 Å². The van der Waals surface area contributed by atoms with Gasteiger partial charge in [-0.1, -0.05) is 37.3 Å². The van der Waals surface area contributed by atoms with Crippen LogP contribution in [0, 0.1) is 19.8 Å². The zero-order chi connectivity index (χ0) is 19.7. The van der Waals surface area contributed by atoms with E-state index < -0.39 is 0 Å². The van der Waals surface area contributed by atoms with E-state index >= 15 is 0 Å². The largest absolute Gasteiger partial charge is 0.349 e. The van der Waals surface area contributed by atoms with E-state index in [0.717, 1.165) is 46.5 Å². The zero-order valence-electron chi connectivity index (χ0n) is 17.0. The van der Waals surface area contributed by atoms with Gasteiger partial charge in [0.1, 0.15) is 0 Å². The lowest BCUT2D eigenvalue weighted by Gasteiger charge is -2.27. The molecular formula is C25H28N2O. The highest BCUT2D eigenvalue weighted by Crippen LogP contribution is 2.28. The van der Waals surface area contributed by atoms with Crippen molar-refractivity contribution in [2.75, 3.05) is 0 Å². The lowest BCUT2D eigenvalue weighted by atomic mass is 9.87. The second-order valence-corrected chi connectivity index (χ2v) is 8.30. The van der Waals surface area contributed by atoms with Crippen molar-refractivity contribution < 1.29 is 4.79 Å². The molecule has 0 radical (unpaired) electrons. The normalized spacial score (nSPS) is 19.5. The summed E-state index contributed by atoms with van der Waals surface area (Å²) in [5.74, 6) is 0.787. The average Bonchev–Trinajstić information content (AvgIpc) is 2.71. The molecule has 3 nitrogen and oxygen atoms in total. The number of hydrogen-bond acceptors (Lipinski definition) is 2. The first-order valence-electron chi connectivity index (χ1n) is 10.3. The number of benzene rings is 2. The summed E-state index contributed by atoms with van der Waals surface area (Å²) >= 11 is 0. The topological polar surface area (TPSA) is 42.0 Å². The second-order valence-electron chi connectivity index (χ2n) is 8.30. The van der Waals surface area contributed by atoms with Gasteiger partial charge in [-0.15, -0.1) is 0 Å². The van der Waals surface area contributed by atoms with E-state index in [4.69, 9.17) is 4.98 Å². The van der Waals surface area contributed by atoms with E-state index in [1.807, 2.05) is 30.3 Å². The number of hydrogen-bond donors (Lipinski definition) is 1. The Morgan fingerprint density at radius 3 is 2.46 bits per heavy atom. The first-order chi connectivity index (χ1) is 13.5. The van der Waals surface area contributed by atoms with Crippen LogP contribution in [0.1, 0.15) is 54.1 Å². The number of aryl methyl sites for hydroxylation is 2. The Kier molecular flexibility index (Phi) is 5.17. The molecule has 1 aliphatic carbocycles. The lowest BCUT2D eigenvalue weighted by Crippen LogP contribution is -2.37. The number of carbonyl (C=O) groups excluding carboxylic acids is 1. The van der Waals surface area contributed by atoms with Crippen molar-refractivity contribution in [2.45, 2.75) is 52.5 Å². The van der Waals surface area contributed by atoms with Gasteiger partial charge in [-0.05, 0) is 74.8 Å². The fraction of sp³-hybridized carbons (Fsp3) is 0.360. The molecule has 0 spiro atoms. The Hall–Kier alpha value is -2.68. The van der Waals surface area contributed by atoms with Crippen LogP contribution in [0.4, 0.5) is 0 Å². The third-order valence-corrected chi connectivity index (χ3v) is 6.11. The third kappa shape index (κ3) is 3.80. The van der Waals surface area contributed by atoms with E-state index in [0.29, 0.717) is 0 Å². The minimum atomic E-state index is 0.0169. The molecule has 144 valence electrons. The molecule has 28 heavy (non-hydrogen) atoms. The Morgan fingerprint density at radius 2 is 1.71 bits per heavy atom. The maximum absolute atomic E-state index is 13.2. The third-order valence-electron chi connectivity index (χ3n) is 6.11. The van der Waals surface area contributed by atoms with E-state index in [2.05, 4.69) is 44.3 Å². The molecule has 0 unspecified atom stereocenters. The summed E-state index contributed by atoms with van der Waals surface area (Å²) in [6, 6.07) is 16.5. The summed E-state index contributed by atoms with van der Waals surface area (Å²) in [6.45, 7) is 6.51. The van der Waals surface area contributed by atoms with E-state index in [1.165, 1.54) is 24.0 Å². The Morgan fingerprint density at radius 1 is 0.964 bits per heavy atom. The highest BCUT2D eigenvalue weighted by molar-refractivity contribution is 6.07. The predicted octanol–water partition coefficient (Wildman–Crippen LogP) is 5.83. The molecule has 2 aromatic carbocycles. The molecule has 1 fully saturated rings. The number of amides is 1. The van der Waals surface area contributed by atoms with Gasteiger partial charge in [-0.2, -0.15) is 0 Å². The molecule has 1 amide bonds. The van der Waals surface area contributed by atoms with Crippen molar-refractivity contribution >= 4 is 16.8 Å². The van der Waals surface area contributed by atoms with Crippen molar-refractivity contribution in [3.8, 4) is 11.3 Å². The van der Waals surface area contributed by atoms with Gasteiger partial charge in [-0.3, -0.25) is 4.79 Å². The van der Waals surface area contributed by atoms with Crippen molar-refractivity contribution in [2.24, 2.45) is 5.92 Å². The number of aromatic nitrogens is 1. The quantitative estimate of drug-likeness (QED) is 0.629. The number of pyridine rings is 1. The van der Waals surface area contributed by atoms with Crippen LogP contribution in [0.5, 0.6) is 0 Å². The van der Waals surface area contributed by atoms with E-state index in [1.54, 1.807) is 0 Å². The van der Waals surface area contributed by atoms with Gasteiger partial charge in [0.05, 0.1) is 16.8 Å². The van der Waals surface area contributed by atoms with Crippen LogP contribution in [-0.4, -0.2) is 16.9 Å². The number of nitrogens with one attached hydrogen (secondary N) is 1. The SMILES string of the molecule is Cc1ccc(-c2cc(C(=O)NC3CCC(C)CC3)c3ccccc3n2)cc1C. The van der Waals surface area contributed by atoms with Gasteiger partial charge in [0.15, 0.2) is 0 Å². The molecule has 0 saturated heterocycles. The summed E-state index contributed by atoms with van der Waals surface area (Å²) < 4.78 is 0. The Bertz CT molecular complexity index is 1020. The molecule has 1 saturated carbocycles. The summed E-state index contributed by atoms with van der Waals surface area (Å²) in [5.41, 5.74) is 5.97. The number of nitrogens with zero attached hydrogens (tertiary/aromatic N) is 1. The molecule has 0 bridgehead atoms. The lowest BCUT2D eigenvalue weighted by molar-refractivity contribution is 0.0924. The van der Waals surface area contributed by atoms with Gasteiger partial charge < -0.3 is 5.32 Å². The fourth-order valence-electron chi connectivity index (χ4n) is 4.08. The van der Waals surface area contributed by atoms with Crippen LogP contribution in [-0.2, 0) is 0 Å². The van der Waals surface area contributed by atoms with Gasteiger partial charge >= 0.3 is 0 Å². The predicted molar refractivity (Wildman–Crippen MR) is 116 cm³/mol. The number of para-hydroxylation sites is 1. The summed E-state index contributed by atoms with van der Waals surface area (Å²) in [6.07, 6.45) is 4.52. The van der Waals surface area contributed by atoms with Crippen LogP contribution in [0.15, 0.2) is 48.5 Å². The second kappa shape index (κ2) is 7.75. The highest BCUT2D eigenvalue weighted by atomic mass is 16.1. The Labute approximate surface area is 167 Å². The van der Waals surface area contributed by atoms with Gasteiger partial charge in [0, 0.05) is 17.0 Å². The molecule has 1 aromatic heterocycles. The summed E-state index contributed by atoms with van der Waals surface area (Å²) in [7, 11) is 0. The van der Waals surface area contributed by atoms with Crippen LogP contribution in [0.3, 0.4) is 0 Å². The Balaban J connectivity index is 1.72. The highest BCUT2D eigenvalue weighted by Gasteiger charge is 2.22. The number of fused-ring (bicyclic) bond motifs is 1. The standard InChI is InChI=1S/C25H28N2O/c1-16-8-12-20(13-9-16)26-25(28)22-15-24(19-11-10-17(2)18(3)14-19)27-23-7-5-4-6-21(22)23/h4-7,10-11,14-16,20H,8-9,12-13H2,1-3H3,(H,26,28). The van der Waals surface area contributed by atoms with E-state index in [-0.39, 0.29) is 11.9 Å². The fourth-order valence-corrected chi connectivity index (χ4v) is 4.08. The molecule has 1 aliphatic rings. The van der Waals surface area contributed by atoms with Crippen molar-refractivity contribution in [3.05, 3.63) is 65.2 Å². The van der Waals surface area contributed by atoms with Crippen molar-refractivity contribution in [3.63, 3.8) is 0 Å². The molecule has 1 N–H and O–H groups in total. The number of carbonyl (C=O) groups is 1. The molecule has 1 heterocycles. The molecular weight excluding hydrogens is 344 g/mol. The van der Waals surface area contributed by atoms with Crippen LogP contribution >= 0.6 is 0 Å². The molecule has 3 aromatic rings. The number of rotatable bonds is 3. The van der Waals surface area contributed by atoms with Crippen molar-refractivity contribution in [1.29, 1.82) is 0 Å². The molecule has 3 heteroatoms. The maximum atomic E-state index is 13.2. The summed E-state index contributed by atoms with van der Waals surface area (Å²) in [4.78, 5) is 18.0. The first kappa shape index (κ1) is 18.7. The van der Waals surface area contributed by atoms with Crippen LogP contribution in [0.2, 0.25) is 0 Å². The van der Waals surface area contributed by atoms with Crippen molar-refractivity contribution in [1.82, 2.24) is 10.3 Å². The van der Waals surface area contributed by atoms with Gasteiger partial charge in [-0.25, -0.2) is 4.98 Å². The van der Waals surface area contributed by atoms with Gasteiger partial charge in [0.25, 0.3) is 5.91 Å². The smallest absolute Gasteiger partial charge is 0.252 e. The van der Waals surface area contributed by atoms with Crippen LogP contribution in [0.25, 0.3) is 22.2 Å². The summed E-state index contributed by atoms with van der Waals surface area (Å²) in [5, 5.41) is 4.19. The minimum Gasteiger partial charge on any atom is -0.349 e. The monoisotopic (exact) mass is 372 g/mol. The molecule has 4 rings (SSSR count). The minimum absolute atomic E-state index is 0.0169. The van der Waals surface area contributed by atoms with E-state index in [9.17, 15) is 4.79 Å².